The van der Waals surface area contributed by atoms with Crippen molar-refractivity contribution in [3.05, 3.63) is 57.7 Å². The van der Waals surface area contributed by atoms with Crippen LogP contribution in [0.2, 0.25) is 0 Å². The molecule has 0 saturated carbocycles. The van der Waals surface area contributed by atoms with E-state index in [2.05, 4.69) is 46.4 Å². The maximum absolute atomic E-state index is 12.9. The SMILES string of the molecule is CN(C)CCCOc1ccc2c(=O)cc(-c3cc(C(C)(C)C)c(O)c(C(C)(C)C)c3)oc2c1. The normalized spacial score (nSPS) is 12.5. The van der Waals surface area contributed by atoms with E-state index in [1.807, 2.05) is 32.3 Å². The van der Waals surface area contributed by atoms with Crippen molar-refractivity contribution < 1.29 is 14.3 Å². The van der Waals surface area contributed by atoms with E-state index in [0.29, 0.717) is 34.8 Å². The van der Waals surface area contributed by atoms with Crippen LogP contribution < -0.4 is 10.2 Å². The van der Waals surface area contributed by atoms with E-state index < -0.39 is 0 Å². The van der Waals surface area contributed by atoms with E-state index in [0.717, 1.165) is 29.7 Å². The first kappa shape index (κ1) is 24.8. The molecule has 0 amide bonds. The zero-order chi connectivity index (χ0) is 24.6. The molecule has 0 atom stereocenters. The predicted molar refractivity (Wildman–Crippen MR) is 136 cm³/mol. The molecular weight excluding hydrogens is 414 g/mol. The van der Waals surface area contributed by atoms with Gasteiger partial charge < -0.3 is 19.2 Å². The van der Waals surface area contributed by atoms with Crippen LogP contribution in [0.3, 0.4) is 0 Å². The van der Waals surface area contributed by atoms with E-state index in [-0.39, 0.29) is 16.3 Å². The molecule has 2 aromatic carbocycles. The van der Waals surface area contributed by atoms with Crippen LogP contribution in [0.15, 0.2) is 45.6 Å². The molecule has 0 fully saturated rings. The number of benzene rings is 2. The Balaban J connectivity index is 2.08. The lowest BCUT2D eigenvalue weighted by atomic mass is 9.78. The van der Waals surface area contributed by atoms with Crippen molar-refractivity contribution in [1.29, 1.82) is 0 Å². The summed E-state index contributed by atoms with van der Waals surface area (Å²) in [6.45, 7) is 13.9. The second-order valence-electron chi connectivity index (χ2n) is 11.1. The molecule has 33 heavy (non-hydrogen) atoms. The first-order valence-corrected chi connectivity index (χ1v) is 11.5. The van der Waals surface area contributed by atoms with Crippen LogP contribution in [0.4, 0.5) is 0 Å². The number of fused-ring (bicyclic) bond motifs is 1. The minimum Gasteiger partial charge on any atom is -0.507 e. The molecule has 0 aliphatic carbocycles. The first-order valence-electron chi connectivity index (χ1n) is 11.5. The molecular formula is C28H37NO4. The second-order valence-corrected chi connectivity index (χ2v) is 11.1. The van der Waals surface area contributed by atoms with Gasteiger partial charge in [0.15, 0.2) is 5.43 Å². The Hall–Kier alpha value is -2.79. The molecule has 3 rings (SSSR count). The van der Waals surface area contributed by atoms with Crippen molar-refractivity contribution in [3.8, 4) is 22.8 Å². The van der Waals surface area contributed by atoms with Gasteiger partial charge in [0.2, 0.25) is 0 Å². The van der Waals surface area contributed by atoms with E-state index in [4.69, 9.17) is 9.15 Å². The molecule has 0 aliphatic rings. The van der Waals surface area contributed by atoms with Gasteiger partial charge in [-0.1, -0.05) is 41.5 Å². The van der Waals surface area contributed by atoms with Crippen LogP contribution in [0.25, 0.3) is 22.3 Å². The van der Waals surface area contributed by atoms with Crippen molar-refractivity contribution in [3.63, 3.8) is 0 Å². The quantitative estimate of drug-likeness (QED) is 0.459. The Morgan fingerprint density at radius 2 is 1.55 bits per heavy atom. The average Bonchev–Trinajstić information content (AvgIpc) is 2.69. The van der Waals surface area contributed by atoms with Gasteiger partial charge in [0.1, 0.15) is 22.8 Å². The van der Waals surface area contributed by atoms with Crippen molar-refractivity contribution >= 4 is 11.0 Å². The summed E-state index contributed by atoms with van der Waals surface area (Å²) in [5.74, 6) is 1.46. The Bertz CT molecular complexity index is 1160. The van der Waals surface area contributed by atoms with Crippen LogP contribution in [0.5, 0.6) is 11.5 Å². The summed E-state index contributed by atoms with van der Waals surface area (Å²) in [6, 6.07) is 10.7. The maximum Gasteiger partial charge on any atom is 0.193 e. The van der Waals surface area contributed by atoms with E-state index in [1.54, 1.807) is 12.1 Å². The Morgan fingerprint density at radius 3 is 2.09 bits per heavy atom. The summed E-state index contributed by atoms with van der Waals surface area (Å²) in [6.07, 6.45) is 0.910. The lowest BCUT2D eigenvalue weighted by molar-refractivity contribution is 0.281. The molecule has 1 aromatic heterocycles. The molecule has 0 aliphatic heterocycles. The van der Waals surface area contributed by atoms with Gasteiger partial charge in [-0.25, -0.2) is 0 Å². The van der Waals surface area contributed by atoms with Gasteiger partial charge in [0.25, 0.3) is 0 Å². The Kier molecular flexibility index (Phi) is 6.94. The molecule has 0 bridgehead atoms. The summed E-state index contributed by atoms with van der Waals surface area (Å²) in [7, 11) is 4.07. The molecule has 178 valence electrons. The smallest absolute Gasteiger partial charge is 0.193 e. The maximum atomic E-state index is 12.9. The van der Waals surface area contributed by atoms with Crippen molar-refractivity contribution in [2.45, 2.75) is 58.8 Å². The minimum absolute atomic E-state index is 0.104. The molecule has 3 aromatic rings. The molecule has 0 spiro atoms. The van der Waals surface area contributed by atoms with Gasteiger partial charge in [-0.15, -0.1) is 0 Å². The zero-order valence-corrected chi connectivity index (χ0v) is 21.2. The highest BCUT2D eigenvalue weighted by Crippen LogP contribution is 2.42. The first-order chi connectivity index (χ1) is 15.3. The fourth-order valence-electron chi connectivity index (χ4n) is 3.86. The van der Waals surface area contributed by atoms with E-state index in [9.17, 15) is 9.90 Å². The molecule has 0 unspecified atom stereocenters. The van der Waals surface area contributed by atoms with Crippen LogP contribution in [0, 0.1) is 0 Å². The van der Waals surface area contributed by atoms with Crippen LogP contribution in [-0.4, -0.2) is 37.3 Å². The van der Waals surface area contributed by atoms with Crippen molar-refractivity contribution in [1.82, 2.24) is 4.90 Å². The summed E-state index contributed by atoms with van der Waals surface area (Å²) < 4.78 is 12.1. The predicted octanol–water partition coefficient (Wildman–Crippen LogP) is 6.09. The number of rotatable bonds is 6. The van der Waals surface area contributed by atoms with Gasteiger partial charge in [-0.3, -0.25) is 4.79 Å². The van der Waals surface area contributed by atoms with Gasteiger partial charge >= 0.3 is 0 Å². The minimum atomic E-state index is -0.273. The number of hydrogen-bond acceptors (Lipinski definition) is 5. The summed E-state index contributed by atoms with van der Waals surface area (Å²) >= 11 is 0. The number of aromatic hydroxyl groups is 1. The highest BCUT2D eigenvalue weighted by molar-refractivity contribution is 5.80. The summed E-state index contributed by atoms with van der Waals surface area (Å²) in [5, 5.41) is 11.5. The Morgan fingerprint density at radius 1 is 0.939 bits per heavy atom. The third kappa shape index (κ3) is 5.77. The average molecular weight is 452 g/mol. The second kappa shape index (κ2) is 9.22. The largest absolute Gasteiger partial charge is 0.507 e. The fourth-order valence-corrected chi connectivity index (χ4v) is 3.86. The lowest BCUT2D eigenvalue weighted by Crippen LogP contribution is -2.17. The van der Waals surface area contributed by atoms with Gasteiger partial charge in [0.05, 0.1) is 12.0 Å². The monoisotopic (exact) mass is 451 g/mol. The van der Waals surface area contributed by atoms with E-state index in [1.165, 1.54) is 6.07 Å². The highest BCUT2D eigenvalue weighted by Gasteiger charge is 2.27. The standard InChI is InChI=1S/C28H37NO4/c1-27(2,3)21-14-18(15-22(26(21)31)28(4,5)6)24-17-23(30)20-11-10-19(16-25(20)33-24)32-13-9-12-29(7)8/h10-11,14-17,31H,9,12-13H2,1-8H3. The van der Waals surface area contributed by atoms with Crippen LogP contribution >= 0.6 is 0 Å². The summed E-state index contributed by atoms with van der Waals surface area (Å²) in [4.78, 5) is 15.0. The van der Waals surface area contributed by atoms with Crippen LogP contribution in [0.1, 0.15) is 59.1 Å². The van der Waals surface area contributed by atoms with Crippen molar-refractivity contribution in [2.75, 3.05) is 27.2 Å². The molecule has 1 N–H and O–H groups in total. The third-order valence-corrected chi connectivity index (χ3v) is 5.73. The highest BCUT2D eigenvalue weighted by atomic mass is 16.5. The van der Waals surface area contributed by atoms with Gasteiger partial charge in [-0.2, -0.15) is 0 Å². The van der Waals surface area contributed by atoms with Crippen LogP contribution in [-0.2, 0) is 10.8 Å². The van der Waals surface area contributed by atoms with Gasteiger partial charge in [0, 0.05) is 35.4 Å². The molecule has 5 nitrogen and oxygen atoms in total. The topological polar surface area (TPSA) is 62.9 Å². The Labute approximate surface area is 197 Å². The van der Waals surface area contributed by atoms with Crippen molar-refractivity contribution in [2.24, 2.45) is 0 Å². The number of phenols is 1. The van der Waals surface area contributed by atoms with Gasteiger partial charge in [-0.05, 0) is 55.6 Å². The number of nitrogens with zero attached hydrogens (tertiary/aromatic N) is 1. The fraction of sp³-hybridized carbons (Fsp3) is 0.464. The zero-order valence-electron chi connectivity index (χ0n) is 21.2. The lowest BCUT2D eigenvalue weighted by Gasteiger charge is -2.28. The molecule has 0 saturated heterocycles. The molecule has 0 radical (unpaired) electrons. The summed E-state index contributed by atoms with van der Waals surface area (Å²) in [5.41, 5.74) is 2.27. The number of phenolic OH excluding ortho intramolecular Hbond substituents is 1. The van der Waals surface area contributed by atoms with E-state index >= 15 is 0 Å². The molecule has 5 heteroatoms. The third-order valence-electron chi connectivity index (χ3n) is 5.73. The number of ether oxygens (including phenoxy) is 1. The number of hydrogen-bond donors (Lipinski definition) is 1. The molecule has 1 heterocycles.